The van der Waals surface area contributed by atoms with Crippen LogP contribution >= 0.6 is 0 Å². The van der Waals surface area contributed by atoms with Crippen LogP contribution in [0.25, 0.3) is 0 Å². The molecule has 6 nitrogen and oxygen atoms in total. The van der Waals surface area contributed by atoms with Crippen LogP contribution < -0.4 is 10.2 Å². The first-order valence-corrected chi connectivity index (χ1v) is 12.2. The Kier molecular flexibility index (Phi) is 5.62. The number of aromatic nitrogens is 1. The van der Waals surface area contributed by atoms with E-state index in [1.807, 2.05) is 11.8 Å². The fourth-order valence-electron chi connectivity index (χ4n) is 6.09. The largest absolute Gasteiger partial charge is 0.325 e. The number of amides is 2. The van der Waals surface area contributed by atoms with Gasteiger partial charge in [0.2, 0.25) is 0 Å². The quantitative estimate of drug-likeness (QED) is 0.725. The lowest BCUT2D eigenvalue weighted by Gasteiger charge is -2.49. The van der Waals surface area contributed by atoms with E-state index in [2.05, 4.69) is 58.6 Å². The molecule has 1 saturated heterocycles. The molecule has 0 atom stereocenters. The SMILES string of the molecule is CN[C@]1(c2ccccc2)CC[C@@]2(CC1)CN(c1cnc(C#N)cc1C)C(=O)N2CC1CCC1. The van der Waals surface area contributed by atoms with Crippen molar-refractivity contribution in [3.8, 4) is 6.07 Å². The number of aryl methyl sites for hydroxylation is 1. The third-order valence-electron chi connectivity index (χ3n) is 8.48. The smallest absolute Gasteiger partial charge is 0.317 e. The Morgan fingerprint density at radius 2 is 1.91 bits per heavy atom. The van der Waals surface area contributed by atoms with E-state index >= 15 is 0 Å². The van der Waals surface area contributed by atoms with Gasteiger partial charge in [-0.2, -0.15) is 5.26 Å². The van der Waals surface area contributed by atoms with E-state index in [9.17, 15) is 10.1 Å². The molecule has 2 aliphatic carbocycles. The molecule has 0 radical (unpaired) electrons. The van der Waals surface area contributed by atoms with Crippen molar-refractivity contribution in [2.45, 2.75) is 62.9 Å². The van der Waals surface area contributed by atoms with Crippen LogP contribution in [-0.2, 0) is 5.54 Å². The van der Waals surface area contributed by atoms with Crippen molar-refractivity contribution in [1.29, 1.82) is 5.26 Å². The van der Waals surface area contributed by atoms with Crippen LogP contribution in [0.15, 0.2) is 42.6 Å². The molecule has 3 fully saturated rings. The van der Waals surface area contributed by atoms with Crippen molar-refractivity contribution < 1.29 is 4.79 Å². The van der Waals surface area contributed by atoms with E-state index in [1.54, 1.807) is 12.3 Å². The Labute approximate surface area is 196 Å². The number of hydrogen-bond donors (Lipinski definition) is 1. The lowest BCUT2D eigenvalue weighted by atomic mass is 9.68. The molecule has 3 aliphatic rings. The van der Waals surface area contributed by atoms with Gasteiger partial charge in [-0.15, -0.1) is 0 Å². The second-order valence-corrected chi connectivity index (χ2v) is 10.2. The Bertz CT molecular complexity index is 1060. The number of pyridine rings is 1. The minimum Gasteiger partial charge on any atom is -0.317 e. The molecule has 0 unspecified atom stereocenters. The van der Waals surface area contributed by atoms with Gasteiger partial charge in [0.25, 0.3) is 0 Å². The van der Waals surface area contributed by atoms with E-state index < -0.39 is 0 Å². The van der Waals surface area contributed by atoms with E-state index in [4.69, 9.17) is 0 Å². The van der Waals surface area contributed by atoms with Gasteiger partial charge in [0, 0.05) is 12.1 Å². The predicted molar refractivity (Wildman–Crippen MR) is 129 cm³/mol. The first-order valence-electron chi connectivity index (χ1n) is 12.2. The minimum atomic E-state index is -0.151. The number of urea groups is 1. The van der Waals surface area contributed by atoms with Crippen molar-refractivity contribution in [3.63, 3.8) is 0 Å². The Morgan fingerprint density at radius 1 is 1.18 bits per heavy atom. The van der Waals surface area contributed by atoms with Crippen molar-refractivity contribution in [1.82, 2.24) is 15.2 Å². The van der Waals surface area contributed by atoms with Crippen LogP contribution in [-0.4, -0.2) is 41.6 Å². The number of hydrogen-bond acceptors (Lipinski definition) is 4. The van der Waals surface area contributed by atoms with Crippen molar-refractivity contribution in [2.24, 2.45) is 5.92 Å². The third-order valence-corrected chi connectivity index (χ3v) is 8.48. The summed E-state index contributed by atoms with van der Waals surface area (Å²) in [5, 5.41) is 12.8. The highest BCUT2D eigenvalue weighted by Gasteiger charge is 2.54. The van der Waals surface area contributed by atoms with Gasteiger partial charge in [-0.3, -0.25) is 4.90 Å². The second-order valence-electron chi connectivity index (χ2n) is 10.2. The highest BCUT2D eigenvalue weighted by atomic mass is 16.2. The second kappa shape index (κ2) is 8.46. The maximum Gasteiger partial charge on any atom is 0.325 e. The van der Waals surface area contributed by atoms with Gasteiger partial charge in [-0.25, -0.2) is 9.78 Å². The molecule has 1 aliphatic heterocycles. The molecule has 2 aromatic rings. The molecule has 1 aromatic heterocycles. The van der Waals surface area contributed by atoms with Gasteiger partial charge in [0.05, 0.1) is 24.0 Å². The summed E-state index contributed by atoms with van der Waals surface area (Å²) in [4.78, 5) is 22.2. The topological polar surface area (TPSA) is 72.3 Å². The number of carbonyl (C=O) groups is 1. The lowest BCUT2D eigenvalue weighted by Crippen LogP contribution is -2.56. The average Bonchev–Trinajstić information content (AvgIpc) is 3.08. The van der Waals surface area contributed by atoms with E-state index in [0.717, 1.165) is 43.5 Å². The first kappa shape index (κ1) is 21.9. The number of benzene rings is 1. The molecule has 2 amide bonds. The molecule has 0 bridgehead atoms. The summed E-state index contributed by atoms with van der Waals surface area (Å²) in [6.45, 7) is 3.52. The summed E-state index contributed by atoms with van der Waals surface area (Å²) in [5.41, 5.74) is 3.30. The fraction of sp³-hybridized carbons (Fsp3) is 0.519. The van der Waals surface area contributed by atoms with Gasteiger partial charge in [0.1, 0.15) is 11.8 Å². The molecule has 6 heteroatoms. The van der Waals surface area contributed by atoms with Crippen molar-refractivity contribution in [3.05, 3.63) is 59.4 Å². The fourth-order valence-corrected chi connectivity index (χ4v) is 6.09. The number of carbonyl (C=O) groups excluding carboxylic acids is 1. The van der Waals surface area contributed by atoms with Gasteiger partial charge in [0.15, 0.2) is 0 Å². The molecule has 1 spiro atoms. The Morgan fingerprint density at radius 3 is 2.48 bits per heavy atom. The van der Waals surface area contributed by atoms with Gasteiger partial charge in [-0.05, 0) is 75.6 Å². The average molecular weight is 444 g/mol. The molecule has 2 saturated carbocycles. The number of nitrogens with zero attached hydrogens (tertiary/aromatic N) is 4. The van der Waals surface area contributed by atoms with Gasteiger partial charge < -0.3 is 10.2 Å². The molecular weight excluding hydrogens is 410 g/mol. The highest BCUT2D eigenvalue weighted by Crippen LogP contribution is 2.48. The molecule has 2 heterocycles. The zero-order chi connectivity index (χ0) is 23.1. The number of nitriles is 1. The maximum absolute atomic E-state index is 13.8. The van der Waals surface area contributed by atoms with Crippen LogP contribution in [0.4, 0.5) is 10.5 Å². The normalized spacial score (nSPS) is 27.6. The molecular formula is C27H33N5O. The van der Waals surface area contributed by atoms with E-state index in [-0.39, 0.29) is 17.1 Å². The van der Waals surface area contributed by atoms with Crippen LogP contribution in [0.2, 0.25) is 0 Å². The zero-order valence-corrected chi connectivity index (χ0v) is 19.7. The number of rotatable bonds is 5. The summed E-state index contributed by atoms with van der Waals surface area (Å²) >= 11 is 0. The lowest BCUT2D eigenvalue weighted by molar-refractivity contribution is 0.0593. The van der Waals surface area contributed by atoms with Crippen LogP contribution in [0.1, 0.15) is 61.8 Å². The minimum absolute atomic E-state index is 0.0446. The number of nitrogens with one attached hydrogen (secondary N) is 1. The Hall–Kier alpha value is -2.91. The predicted octanol–water partition coefficient (Wildman–Crippen LogP) is 4.73. The molecule has 172 valence electrons. The van der Waals surface area contributed by atoms with Crippen LogP contribution in [0.3, 0.4) is 0 Å². The third kappa shape index (κ3) is 3.69. The molecule has 5 rings (SSSR count). The van der Waals surface area contributed by atoms with Crippen molar-refractivity contribution >= 4 is 11.7 Å². The molecule has 1 aromatic carbocycles. The zero-order valence-electron chi connectivity index (χ0n) is 19.7. The van der Waals surface area contributed by atoms with E-state index in [0.29, 0.717) is 18.2 Å². The summed E-state index contributed by atoms with van der Waals surface area (Å²) in [5.74, 6) is 0.621. The van der Waals surface area contributed by atoms with Crippen molar-refractivity contribution in [2.75, 3.05) is 25.0 Å². The Balaban J connectivity index is 1.45. The van der Waals surface area contributed by atoms with Crippen LogP contribution in [0.5, 0.6) is 0 Å². The summed E-state index contributed by atoms with van der Waals surface area (Å²) in [7, 11) is 2.06. The molecule has 33 heavy (non-hydrogen) atoms. The van der Waals surface area contributed by atoms with Crippen LogP contribution in [0, 0.1) is 24.2 Å². The molecule has 1 N–H and O–H groups in total. The standard InChI is InChI=1S/C27H33N5O/c1-20-15-23(16-28)30-17-24(20)31-19-26(32(25(31)33)18-21-7-6-8-21)11-13-27(29-2,14-12-26)22-9-4-3-5-10-22/h3-5,9-10,15,17,21,29H,6-8,11-14,18-19H2,1-2H3/t26-,27-. The van der Waals surface area contributed by atoms with Gasteiger partial charge >= 0.3 is 6.03 Å². The summed E-state index contributed by atoms with van der Waals surface area (Å²) < 4.78 is 0. The number of anilines is 1. The highest BCUT2D eigenvalue weighted by molar-refractivity contribution is 5.96. The summed E-state index contributed by atoms with van der Waals surface area (Å²) in [6, 6.07) is 14.7. The maximum atomic E-state index is 13.8. The summed E-state index contributed by atoms with van der Waals surface area (Å²) in [6.07, 6.45) is 9.38. The van der Waals surface area contributed by atoms with E-state index in [1.165, 1.54) is 24.8 Å². The first-order chi connectivity index (χ1) is 16.0. The van der Waals surface area contributed by atoms with Gasteiger partial charge in [-0.1, -0.05) is 36.8 Å². The monoisotopic (exact) mass is 443 g/mol.